The summed E-state index contributed by atoms with van der Waals surface area (Å²) in [5, 5.41) is 7.86. The highest BCUT2D eigenvalue weighted by atomic mass is 16.5. The summed E-state index contributed by atoms with van der Waals surface area (Å²) in [6, 6.07) is 22.4. The van der Waals surface area contributed by atoms with Crippen LogP contribution >= 0.6 is 0 Å². The Bertz CT molecular complexity index is 1110. The molecule has 0 fully saturated rings. The maximum absolute atomic E-state index is 5.29. The van der Waals surface area contributed by atoms with Gasteiger partial charge in [-0.15, -0.1) is 0 Å². The Morgan fingerprint density at radius 2 is 1.81 bits per heavy atom. The summed E-state index contributed by atoms with van der Waals surface area (Å²) in [7, 11) is 1.66. The van der Waals surface area contributed by atoms with Gasteiger partial charge in [-0.25, -0.2) is 4.98 Å². The number of ether oxygens (including phenoxy) is 1. The average Bonchev–Trinajstić information content (AvgIpc) is 2.68. The van der Waals surface area contributed by atoms with E-state index in [-0.39, 0.29) is 0 Å². The number of methoxy groups -OCH3 is 1. The summed E-state index contributed by atoms with van der Waals surface area (Å²) < 4.78 is 5.29. The van der Waals surface area contributed by atoms with E-state index in [0.29, 0.717) is 5.82 Å². The molecule has 0 aliphatic heterocycles. The zero-order valence-electron chi connectivity index (χ0n) is 14.7. The summed E-state index contributed by atoms with van der Waals surface area (Å²) in [5.74, 6) is 1.50. The predicted octanol–water partition coefficient (Wildman–Crippen LogP) is 5.15. The van der Waals surface area contributed by atoms with Crippen molar-refractivity contribution in [1.82, 2.24) is 4.98 Å². The molecule has 0 spiro atoms. The van der Waals surface area contributed by atoms with Gasteiger partial charge in [0.1, 0.15) is 11.6 Å². The highest BCUT2D eigenvalue weighted by Crippen LogP contribution is 2.24. The van der Waals surface area contributed by atoms with Crippen LogP contribution < -0.4 is 10.2 Å². The molecule has 0 bridgehead atoms. The standard InChI is InChI=1S/C22H19N3O/c1-15-12-22(24-21-13-18(26-2)10-11-19(15)21)25-23-14-17-8-5-7-16-6-3-4-9-20(16)17/h3-14H,1-2H3,(H,24,25)/b23-14-. The van der Waals surface area contributed by atoms with Crippen LogP contribution in [0.5, 0.6) is 5.75 Å². The normalized spacial score (nSPS) is 11.3. The van der Waals surface area contributed by atoms with Crippen LogP contribution in [0.1, 0.15) is 11.1 Å². The molecule has 1 heterocycles. The van der Waals surface area contributed by atoms with Crippen LogP contribution in [0, 0.1) is 6.92 Å². The van der Waals surface area contributed by atoms with Crippen LogP contribution in [0.15, 0.2) is 71.8 Å². The smallest absolute Gasteiger partial charge is 0.147 e. The second kappa shape index (κ2) is 6.84. The van der Waals surface area contributed by atoms with Crippen LogP contribution in [0.2, 0.25) is 0 Å². The molecule has 1 aromatic heterocycles. The lowest BCUT2D eigenvalue weighted by atomic mass is 10.1. The first kappa shape index (κ1) is 16.1. The number of aromatic nitrogens is 1. The van der Waals surface area contributed by atoms with E-state index in [1.54, 1.807) is 7.11 Å². The molecule has 0 radical (unpaired) electrons. The Morgan fingerprint density at radius 3 is 2.69 bits per heavy atom. The zero-order valence-corrected chi connectivity index (χ0v) is 14.7. The van der Waals surface area contributed by atoms with E-state index in [1.807, 2.05) is 48.7 Å². The number of hydrazone groups is 1. The number of hydrogen-bond acceptors (Lipinski definition) is 4. The number of hydrogen-bond donors (Lipinski definition) is 1. The predicted molar refractivity (Wildman–Crippen MR) is 108 cm³/mol. The van der Waals surface area contributed by atoms with Gasteiger partial charge in [-0.05, 0) is 41.5 Å². The molecule has 4 aromatic rings. The van der Waals surface area contributed by atoms with Crippen LogP contribution in [0.25, 0.3) is 21.7 Å². The van der Waals surface area contributed by atoms with Crippen molar-refractivity contribution in [2.24, 2.45) is 5.10 Å². The molecule has 0 atom stereocenters. The summed E-state index contributed by atoms with van der Waals surface area (Å²) in [6.45, 7) is 2.07. The monoisotopic (exact) mass is 341 g/mol. The number of benzene rings is 3. The Morgan fingerprint density at radius 1 is 0.962 bits per heavy atom. The van der Waals surface area contributed by atoms with Gasteiger partial charge >= 0.3 is 0 Å². The summed E-state index contributed by atoms with van der Waals surface area (Å²) in [6.07, 6.45) is 1.83. The molecule has 4 rings (SSSR count). The van der Waals surface area contributed by atoms with Gasteiger partial charge in [0.2, 0.25) is 0 Å². The Kier molecular flexibility index (Phi) is 4.23. The molecule has 0 amide bonds. The maximum atomic E-state index is 5.29. The van der Waals surface area contributed by atoms with Gasteiger partial charge < -0.3 is 4.74 Å². The van der Waals surface area contributed by atoms with Crippen LogP contribution in [-0.2, 0) is 0 Å². The molecule has 1 N–H and O–H groups in total. The largest absolute Gasteiger partial charge is 0.497 e. The molecule has 128 valence electrons. The number of pyridine rings is 1. The first-order chi connectivity index (χ1) is 12.7. The van der Waals surface area contributed by atoms with Crippen molar-refractivity contribution >= 4 is 33.7 Å². The lowest BCUT2D eigenvalue weighted by Crippen LogP contribution is -1.96. The van der Waals surface area contributed by atoms with E-state index < -0.39 is 0 Å². The summed E-state index contributed by atoms with van der Waals surface area (Å²) >= 11 is 0. The van der Waals surface area contributed by atoms with Gasteiger partial charge in [0.25, 0.3) is 0 Å². The minimum absolute atomic E-state index is 0.708. The SMILES string of the molecule is COc1ccc2c(C)cc(N/N=C\c3cccc4ccccc34)nc2c1. The Labute approximate surface area is 152 Å². The van der Waals surface area contributed by atoms with Crippen molar-refractivity contribution in [3.63, 3.8) is 0 Å². The van der Waals surface area contributed by atoms with Crippen molar-refractivity contribution in [1.29, 1.82) is 0 Å². The van der Waals surface area contributed by atoms with E-state index in [2.05, 4.69) is 46.7 Å². The highest BCUT2D eigenvalue weighted by molar-refractivity contribution is 5.99. The zero-order chi connectivity index (χ0) is 17.9. The molecular weight excluding hydrogens is 322 g/mol. The molecule has 4 heteroatoms. The molecule has 0 aliphatic carbocycles. The second-order valence-corrected chi connectivity index (χ2v) is 6.15. The fourth-order valence-electron chi connectivity index (χ4n) is 3.10. The number of aryl methyl sites for hydroxylation is 1. The maximum Gasteiger partial charge on any atom is 0.147 e. The van der Waals surface area contributed by atoms with Gasteiger partial charge in [-0.3, -0.25) is 5.43 Å². The lowest BCUT2D eigenvalue weighted by Gasteiger charge is -2.07. The fraction of sp³-hybridized carbons (Fsp3) is 0.0909. The van der Waals surface area contributed by atoms with Crippen molar-refractivity contribution in [2.45, 2.75) is 6.92 Å². The number of fused-ring (bicyclic) bond motifs is 2. The quantitative estimate of drug-likeness (QED) is 0.412. The van der Waals surface area contributed by atoms with Gasteiger partial charge in [-0.1, -0.05) is 42.5 Å². The summed E-state index contributed by atoms with van der Waals surface area (Å²) in [4.78, 5) is 4.63. The molecule has 0 saturated heterocycles. The van der Waals surface area contributed by atoms with Crippen molar-refractivity contribution in [3.05, 3.63) is 77.9 Å². The van der Waals surface area contributed by atoms with Crippen molar-refractivity contribution < 1.29 is 4.74 Å². The van der Waals surface area contributed by atoms with Crippen LogP contribution in [-0.4, -0.2) is 18.3 Å². The van der Waals surface area contributed by atoms with Gasteiger partial charge in [0, 0.05) is 17.0 Å². The third-order valence-electron chi connectivity index (χ3n) is 4.43. The van der Waals surface area contributed by atoms with Gasteiger partial charge in [-0.2, -0.15) is 5.10 Å². The number of nitrogens with zero attached hydrogens (tertiary/aromatic N) is 2. The Balaban J connectivity index is 1.63. The van der Waals surface area contributed by atoms with E-state index in [1.165, 1.54) is 10.8 Å². The van der Waals surface area contributed by atoms with E-state index in [0.717, 1.165) is 27.8 Å². The molecule has 0 aliphatic rings. The topological polar surface area (TPSA) is 46.5 Å². The van der Waals surface area contributed by atoms with Crippen LogP contribution in [0.3, 0.4) is 0 Å². The minimum atomic E-state index is 0.708. The van der Waals surface area contributed by atoms with Crippen molar-refractivity contribution in [3.8, 4) is 5.75 Å². The van der Waals surface area contributed by atoms with E-state index in [9.17, 15) is 0 Å². The van der Waals surface area contributed by atoms with E-state index in [4.69, 9.17) is 4.74 Å². The van der Waals surface area contributed by atoms with Crippen LogP contribution in [0.4, 0.5) is 5.82 Å². The minimum Gasteiger partial charge on any atom is -0.497 e. The molecule has 3 aromatic carbocycles. The average molecular weight is 341 g/mol. The number of anilines is 1. The third-order valence-corrected chi connectivity index (χ3v) is 4.43. The fourth-order valence-corrected chi connectivity index (χ4v) is 3.10. The molecular formula is C22H19N3O. The number of rotatable bonds is 4. The van der Waals surface area contributed by atoms with Crippen molar-refractivity contribution in [2.75, 3.05) is 12.5 Å². The third kappa shape index (κ3) is 3.09. The second-order valence-electron chi connectivity index (χ2n) is 6.15. The highest BCUT2D eigenvalue weighted by Gasteiger charge is 2.04. The van der Waals surface area contributed by atoms with Gasteiger partial charge in [0.05, 0.1) is 18.8 Å². The first-order valence-electron chi connectivity index (χ1n) is 8.47. The van der Waals surface area contributed by atoms with E-state index >= 15 is 0 Å². The number of nitrogens with one attached hydrogen (secondary N) is 1. The molecule has 4 nitrogen and oxygen atoms in total. The lowest BCUT2D eigenvalue weighted by molar-refractivity contribution is 0.415. The van der Waals surface area contributed by atoms with Gasteiger partial charge in [0.15, 0.2) is 0 Å². The Hall–Kier alpha value is -3.40. The summed E-state index contributed by atoms with van der Waals surface area (Å²) in [5.41, 5.74) is 6.13. The molecule has 26 heavy (non-hydrogen) atoms. The molecule has 0 unspecified atom stereocenters. The molecule has 0 saturated carbocycles. The first-order valence-corrected chi connectivity index (χ1v) is 8.47.